The number of allylic oxidation sites excluding steroid dienone is 7. The van der Waals surface area contributed by atoms with E-state index in [1.54, 1.807) is 0 Å². The molecule has 0 aromatic heterocycles. The third kappa shape index (κ3) is 5.00. The summed E-state index contributed by atoms with van der Waals surface area (Å²) in [6.07, 6.45) is 22.9. The van der Waals surface area contributed by atoms with Gasteiger partial charge < -0.3 is 9.80 Å². The summed E-state index contributed by atoms with van der Waals surface area (Å²) >= 11 is 0. The van der Waals surface area contributed by atoms with Gasteiger partial charge in [0.25, 0.3) is 0 Å². The Morgan fingerprint density at radius 2 is 1.67 bits per heavy atom. The van der Waals surface area contributed by atoms with Gasteiger partial charge in [-0.15, -0.1) is 0 Å². The number of nitrogens with one attached hydrogen (secondary N) is 1. The first-order valence-electron chi connectivity index (χ1n) is 19.0. The third-order valence-electron chi connectivity index (χ3n) is 12.6. The van der Waals surface area contributed by atoms with Crippen LogP contribution in [0, 0.1) is 51.7 Å². The van der Waals surface area contributed by atoms with Crippen molar-refractivity contribution in [3.8, 4) is 29.3 Å². The van der Waals surface area contributed by atoms with Gasteiger partial charge in [-0.2, -0.15) is 15.8 Å². The lowest BCUT2D eigenvalue weighted by Crippen LogP contribution is -2.56. The van der Waals surface area contributed by atoms with Crippen LogP contribution in [-0.2, 0) is 5.41 Å². The fourth-order valence-corrected chi connectivity index (χ4v) is 10.1. The molecule has 0 radical (unpaired) electrons. The van der Waals surface area contributed by atoms with E-state index < -0.39 is 0 Å². The van der Waals surface area contributed by atoms with E-state index in [-0.39, 0.29) is 47.0 Å². The lowest BCUT2D eigenvalue weighted by Gasteiger charge is -2.47. The zero-order valence-electron chi connectivity index (χ0n) is 30.8. The highest BCUT2D eigenvalue weighted by atomic mass is 15.3. The molecule has 3 heterocycles. The maximum atomic E-state index is 10.8. The van der Waals surface area contributed by atoms with E-state index in [1.165, 1.54) is 16.8 Å². The summed E-state index contributed by atoms with van der Waals surface area (Å²) < 4.78 is 0. The number of hydrogen-bond acceptors (Lipinski definition) is 6. The summed E-state index contributed by atoms with van der Waals surface area (Å²) in [7, 11) is 0. The molecule has 264 valence electrons. The summed E-state index contributed by atoms with van der Waals surface area (Å²) in [5, 5.41) is 34.0. The van der Waals surface area contributed by atoms with Crippen molar-refractivity contribution in [1.82, 2.24) is 10.2 Å². The van der Waals surface area contributed by atoms with Crippen molar-refractivity contribution in [2.24, 2.45) is 17.8 Å². The second kappa shape index (κ2) is 12.8. The maximum Gasteiger partial charge on any atom is 0.0981 e. The van der Waals surface area contributed by atoms with Gasteiger partial charge in [0.15, 0.2) is 0 Å². The standard InChI is InChI=1S/C48H42N6/c1-31-25-32(29-50)26-39-40-14-8-9-22-48(40,3)54(45(31)39)42-19-18-34(28-36(42)30-51)33-11-10-12-35(27-33)38-13-4-6-16-43(38)53-44-17-7-5-15-41(44)47(2)23-20-37(21-24-49)52-46(47)53/h4-20,22-23,26-28,31,36-37,40,42,46,52H,21,25H2,1-3H3/t31?,36?,37?,40-,42?,46+,47?,48?/m1/s1. The summed E-state index contributed by atoms with van der Waals surface area (Å²) in [5.41, 5.74) is 10.5. The van der Waals surface area contributed by atoms with Gasteiger partial charge in [-0.25, -0.2) is 0 Å². The van der Waals surface area contributed by atoms with Crippen molar-refractivity contribution in [2.45, 2.75) is 62.8 Å². The zero-order valence-corrected chi connectivity index (χ0v) is 30.8. The molecule has 6 aliphatic rings. The molecule has 1 N–H and O–H groups in total. The van der Waals surface area contributed by atoms with Crippen LogP contribution in [0.15, 0.2) is 150 Å². The normalized spacial score (nSPS) is 31.4. The van der Waals surface area contributed by atoms with Crippen LogP contribution in [-0.4, -0.2) is 28.7 Å². The predicted octanol–water partition coefficient (Wildman–Crippen LogP) is 9.55. The largest absolute Gasteiger partial charge is 0.356 e. The average molecular weight is 703 g/mol. The summed E-state index contributed by atoms with van der Waals surface area (Å²) in [6, 6.07) is 33.2. The smallest absolute Gasteiger partial charge is 0.0981 e. The van der Waals surface area contributed by atoms with E-state index >= 15 is 0 Å². The van der Waals surface area contributed by atoms with E-state index in [0.29, 0.717) is 12.8 Å². The highest BCUT2D eigenvalue weighted by Crippen LogP contribution is 2.54. The third-order valence-corrected chi connectivity index (χ3v) is 12.6. The van der Waals surface area contributed by atoms with Gasteiger partial charge in [-0.05, 0) is 72.4 Å². The molecule has 6 heteroatoms. The molecule has 3 aliphatic carbocycles. The topological polar surface area (TPSA) is 89.9 Å². The number of nitriles is 3. The second-order valence-electron chi connectivity index (χ2n) is 15.8. The lowest BCUT2D eigenvalue weighted by atomic mass is 9.77. The SMILES string of the molecule is CC1CC(C#N)=CC2=C1N(C1C=CC(c3cccc(-c4ccccc4N4c5ccccc5C5(C)C=CC(CC#N)N[C@@H]45)c3)=CC1C#N)C1(C)C=CC=C[C@H]21. The van der Waals surface area contributed by atoms with Gasteiger partial charge in [0.1, 0.15) is 0 Å². The van der Waals surface area contributed by atoms with Gasteiger partial charge in [0.2, 0.25) is 0 Å². The molecule has 6 nitrogen and oxygen atoms in total. The minimum absolute atomic E-state index is 0.0300. The molecular weight excluding hydrogens is 661 g/mol. The van der Waals surface area contributed by atoms with Crippen molar-refractivity contribution >= 4 is 16.9 Å². The minimum atomic E-state index is -0.372. The highest BCUT2D eigenvalue weighted by Gasteiger charge is 2.53. The highest BCUT2D eigenvalue weighted by molar-refractivity contribution is 5.88. The fourth-order valence-electron chi connectivity index (χ4n) is 10.1. The molecule has 3 aromatic carbocycles. The van der Waals surface area contributed by atoms with Crippen LogP contribution in [0.4, 0.5) is 11.4 Å². The van der Waals surface area contributed by atoms with Crippen LogP contribution in [0.1, 0.15) is 44.7 Å². The van der Waals surface area contributed by atoms with Gasteiger partial charge in [0, 0.05) is 45.8 Å². The van der Waals surface area contributed by atoms with Gasteiger partial charge in [-0.1, -0.05) is 116 Å². The molecule has 0 amide bonds. The van der Waals surface area contributed by atoms with E-state index in [2.05, 4.69) is 188 Å². The van der Waals surface area contributed by atoms with Crippen LogP contribution in [0.2, 0.25) is 0 Å². The number of anilines is 2. The molecular formula is C48H42N6. The van der Waals surface area contributed by atoms with Crippen LogP contribution in [0.25, 0.3) is 16.7 Å². The quantitative estimate of drug-likeness (QED) is 0.267. The molecule has 0 fully saturated rings. The van der Waals surface area contributed by atoms with Gasteiger partial charge >= 0.3 is 0 Å². The Labute approximate surface area is 318 Å². The molecule has 6 unspecified atom stereocenters. The number of rotatable bonds is 5. The lowest BCUT2D eigenvalue weighted by molar-refractivity contribution is 0.134. The summed E-state index contributed by atoms with van der Waals surface area (Å²) in [6.45, 7) is 6.77. The summed E-state index contributed by atoms with van der Waals surface area (Å²) in [4.78, 5) is 4.91. The average Bonchev–Trinajstić information content (AvgIpc) is 3.62. The number of hydrogen-bond donors (Lipinski definition) is 1. The van der Waals surface area contributed by atoms with Crippen molar-refractivity contribution < 1.29 is 0 Å². The van der Waals surface area contributed by atoms with E-state index in [9.17, 15) is 15.8 Å². The first-order valence-corrected chi connectivity index (χ1v) is 19.0. The minimum Gasteiger partial charge on any atom is -0.356 e. The van der Waals surface area contributed by atoms with E-state index in [4.69, 9.17) is 0 Å². The van der Waals surface area contributed by atoms with Gasteiger partial charge in [-0.3, -0.25) is 5.32 Å². The number of nitrogens with zero attached hydrogens (tertiary/aromatic N) is 5. The number of para-hydroxylation sites is 2. The Morgan fingerprint density at radius 3 is 2.48 bits per heavy atom. The molecule has 8 atom stereocenters. The van der Waals surface area contributed by atoms with E-state index in [0.717, 1.165) is 39.2 Å². The van der Waals surface area contributed by atoms with Crippen LogP contribution < -0.4 is 10.2 Å². The van der Waals surface area contributed by atoms with Crippen molar-refractivity contribution in [2.75, 3.05) is 4.90 Å². The molecule has 3 aliphatic heterocycles. The first kappa shape index (κ1) is 33.7. The Kier molecular flexibility index (Phi) is 7.97. The molecule has 0 bridgehead atoms. The van der Waals surface area contributed by atoms with Crippen molar-refractivity contribution in [3.05, 3.63) is 162 Å². The molecule has 54 heavy (non-hydrogen) atoms. The second-order valence-corrected chi connectivity index (χ2v) is 15.8. The molecule has 0 saturated heterocycles. The predicted molar refractivity (Wildman–Crippen MR) is 214 cm³/mol. The van der Waals surface area contributed by atoms with Crippen LogP contribution in [0.5, 0.6) is 0 Å². The number of benzene rings is 3. The first-order chi connectivity index (χ1) is 26.3. The Hall–Kier alpha value is -6.13. The zero-order chi connectivity index (χ0) is 37.2. The summed E-state index contributed by atoms with van der Waals surface area (Å²) in [5.74, 6) is -0.0732. The molecule has 0 spiro atoms. The van der Waals surface area contributed by atoms with Gasteiger partial charge in [0.05, 0.1) is 54.0 Å². The van der Waals surface area contributed by atoms with Crippen molar-refractivity contribution in [3.63, 3.8) is 0 Å². The number of fused-ring (bicyclic) bond motifs is 5. The monoisotopic (exact) mass is 702 g/mol. The Balaban J connectivity index is 1.07. The fraction of sp³-hybridized carbons (Fsp3) is 0.271. The van der Waals surface area contributed by atoms with E-state index in [1.807, 2.05) is 0 Å². The Bertz CT molecular complexity index is 2420. The Morgan fingerprint density at radius 1 is 0.870 bits per heavy atom. The maximum absolute atomic E-state index is 10.8. The molecule has 9 rings (SSSR count). The van der Waals surface area contributed by atoms with Crippen molar-refractivity contribution in [1.29, 1.82) is 15.8 Å². The van der Waals surface area contributed by atoms with Crippen LogP contribution in [0.3, 0.4) is 0 Å². The molecule has 3 aromatic rings. The van der Waals surface area contributed by atoms with Crippen LogP contribution >= 0.6 is 0 Å². The molecule has 0 saturated carbocycles.